The summed E-state index contributed by atoms with van der Waals surface area (Å²) >= 11 is 0. The zero-order valence-corrected chi connectivity index (χ0v) is 19.6. The summed E-state index contributed by atoms with van der Waals surface area (Å²) in [5.41, 5.74) is 2.37. The lowest BCUT2D eigenvalue weighted by molar-refractivity contribution is -0.00539. The molecule has 0 radical (unpaired) electrons. The first-order valence-electron chi connectivity index (χ1n) is 11.5. The van der Waals surface area contributed by atoms with Gasteiger partial charge < -0.3 is 29.5 Å². The van der Waals surface area contributed by atoms with Crippen LogP contribution in [-0.2, 0) is 11.3 Å². The van der Waals surface area contributed by atoms with Crippen molar-refractivity contribution >= 4 is 17.4 Å². The third kappa shape index (κ3) is 5.50. The molecule has 0 aromatic heterocycles. The molecular weight excluding hydrogens is 423 g/mol. The van der Waals surface area contributed by atoms with Gasteiger partial charge in [-0.15, -0.1) is 0 Å². The van der Waals surface area contributed by atoms with Crippen molar-refractivity contribution in [1.82, 2.24) is 10.2 Å². The van der Waals surface area contributed by atoms with E-state index in [1.165, 1.54) is 6.07 Å². The highest BCUT2D eigenvalue weighted by Gasteiger charge is 2.25. The average molecular weight is 457 g/mol. The fraction of sp³-hybridized carbons (Fsp3) is 0.480. The number of morpholine rings is 1. The van der Waals surface area contributed by atoms with E-state index < -0.39 is 0 Å². The molecule has 2 aliphatic rings. The lowest BCUT2D eigenvalue weighted by Crippen LogP contribution is -2.51. The van der Waals surface area contributed by atoms with Gasteiger partial charge in [-0.05, 0) is 43.7 Å². The van der Waals surface area contributed by atoms with Crippen LogP contribution < -0.4 is 19.9 Å². The second-order valence-corrected chi connectivity index (χ2v) is 8.75. The summed E-state index contributed by atoms with van der Waals surface area (Å²) in [6, 6.07) is 13.0. The summed E-state index contributed by atoms with van der Waals surface area (Å²) in [6.07, 6.45) is 0.131. The second kappa shape index (κ2) is 10.3. The van der Waals surface area contributed by atoms with E-state index >= 15 is 0 Å². The summed E-state index contributed by atoms with van der Waals surface area (Å²) in [7, 11) is 1.67. The Morgan fingerprint density at radius 2 is 1.73 bits per heavy atom. The van der Waals surface area contributed by atoms with Crippen molar-refractivity contribution in [3.63, 3.8) is 0 Å². The number of carbonyl (C=O) groups excluding carboxylic acids is 1. The van der Waals surface area contributed by atoms with Gasteiger partial charge in [0.25, 0.3) is 0 Å². The van der Waals surface area contributed by atoms with Gasteiger partial charge in [-0.2, -0.15) is 0 Å². The Balaban J connectivity index is 1.29. The molecule has 2 heterocycles. The number of carbonyl (C=O) groups is 1. The van der Waals surface area contributed by atoms with Crippen LogP contribution >= 0.6 is 0 Å². The molecule has 33 heavy (non-hydrogen) atoms. The van der Waals surface area contributed by atoms with Gasteiger partial charge >= 0.3 is 6.03 Å². The Kier molecular flexibility index (Phi) is 7.23. The second-order valence-electron chi connectivity index (χ2n) is 8.75. The normalized spacial score (nSPS) is 21.2. The van der Waals surface area contributed by atoms with E-state index in [-0.39, 0.29) is 24.1 Å². The van der Waals surface area contributed by atoms with Gasteiger partial charge in [-0.3, -0.25) is 0 Å². The molecule has 2 amide bonds. The van der Waals surface area contributed by atoms with Gasteiger partial charge in [0.1, 0.15) is 11.6 Å². The molecule has 7 nitrogen and oxygen atoms in total. The Bertz CT molecular complexity index is 954. The van der Waals surface area contributed by atoms with Crippen LogP contribution in [0.4, 0.5) is 20.6 Å². The zero-order valence-electron chi connectivity index (χ0n) is 19.6. The van der Waals surface area contributed by atoms with E-state index in [0.29, 0.717) is 38.4 Å². The van der Waals surface area contributed by atoms with Crippen molar-refractivity contribution in [3.8, 4) is 5.75 Å². The maximum atomic E-state index is 14.8. The number of nitrogens with zero attached hydrogens (tertiary/aromatic N) is 3. The number of hydrogen-bond donors (Lipinski definition) is 1. The lowest BCUT2D eigenvalue weighted by Gasteiger charge is -2.37. The van der Waals surface area contributed by atoms with E-state index in [0.717, 1.165) is 30.1 Å². The predicted octanol–water partition coefficient (Wildman–Crippen LogP) is 3.48. The number of piperazine rings is 1. The van der Waals surface area contributed by atoms with Gasteiger partial charge in [-0.25, -0.2) is 9.18 Å². The first-order chi connectivity index (χ1) is 15.9. The molecule has 4 rings (SSSR count). The van der Waals surface area contributed by atoms with Crippen LogP contribution in [0.25, 0.3) is 0 Å². The van der Waals surface area contributed by atoms with Crippen LogP contribution in [0.3, 0.4) is 0 Å². The van der Waals surface area contributed by atoms with E-state index in [4.69, 9.17) is 9.47 Å². The van der Waals surface area contributed by atoms with Crippen LogP contribution in [0.5, 0.6) is 5.75 Å². The van der Waals surface area contributed by atoms with Crippen molar-refractivity contribution < 1.29 is 18.7 Å². The minimum atomic E-state index is -0.270. The highest BCUT2D eigenvalue weighted by Crippen LogP contribution is 2.28. The Morgan fingerprint density at radius 1 is 1.03 bits per heavy atom. The molecule has 2 saturated heterocycles. The third-order valence-corrected chi connectivity index (χ3v) is 6.21. The fourth-order valence-electron chi connectivity index (χ4n) is 4.62. The summed E-state index contributed by atoms with van der Waals surface area (Å²) < 4.78 is 26.0. The molecule has 2 fully saturated rings. The number of halogens is 1. The topological polar surface area (TPSA) is 57.3 Å². The quantitative estimate of drug-likeness (QED) is 0.747. The van der Waals surface area contributed by atoms with Crippen molar-refractivity contribution in [2.75, 3.05) is 56.2 Å². The molecule has 178 valence electrons. The number of urea groups is 1. The Labute approximate surface area is 195 Å². The number of rotatable bonds is 5. The number of anilines is 2. The molecule has 0 aliphatic carbocycles. The number of amides is 2. The first-order valence-corrected chi connectivity index (χ1v) is 11.5. The van der Waals surface area contributed by atoms with Crippen molar-refractivity contribution in [2.45, 2.75) is 32.6 Å². The number of nitrogens with one attached hydrogen (secondary N) is 1. The highest BCUT2D eigenvalue weighted by molar-refractivity contribution is 5.74. The van der Waals surface area contributed by atoms with Gasteiger partial charge in [0.15, 0.2) is 0 Å². The summed E-state index contributed by atoms with van der Waals surface area (Å²) in [6.45, 7) is 8.31. The Morgan fingerprint density at radius 3 is 2.39 bits per heavy atom. The molecule has 2 aliphatic heterocycles. The third-order valence-electron chi connectivity index (χ3n) is 6.21. The SMILES string of the molecule is COc1ccccc1N1CCN(C(=O)NCc2ccc(N3CC(C)OC(C)C3)c(F)c2)CC1. The minimum Gasteiger partial charge on any atom is -0.495 e. The number of hydrogen-bond acceptors (Lipinski definition) is 5. The fourth-order valence-corrected chi connectivity index (χ4v) is 4.62. The summed E-state index contributed by atoms with van der Waals surface area (Å²) in [5, 5.41) is 2.93. The van der Waals surface area contributed by atoms with E-state index in [9.17, 15) is 9.18 Å². The number of methoxy groups -OCH3 is 1. The minimum absolute atomic E-state index is 0.0653. The van der Waals surface area contributed by atoms with Gasteiger partial charge in [0.05, 0.1) is 30.7 Å². The average Bonchev–Trinajstić information content (AvgIpc) is 2.82. The molecule has 2 aromatic carbocycles. The van der Waals surface area contributed by atoms with E-state index in [1.807, 2.05) is 49.1 Å². The number of benzene rings is 2. The summed E-state index contributed by atoms with van der Waals surface area (Å²) in [4.78, 5) is 18.7. The van der Waals surface area contributed by atoms with Crippen LogP contribution in [0.2, 0.25) is 0 Å². The van der Waals surface area contributed by atoms with Crippen molar-refractivity contribution in [2.24, 2.45) is 0 Å². The number of para-hydroxylation sites is 2. The number of ether oxygens (including phenoxy) is 2. The molecule has 8 heteroatoms. The van der Waals surface area contributed by atoms with Gasteiger partial charge in [0, 0.05) is 45.8 Å². The molecule has 2 unspecified atom stereocenters. The standard InChI is InChI=1S/C25H33FN4O3/c1-18-16-30(17-19(2)33-18)22-9-8-20(14-21(22)26)15-27-25(31)29-12-10-28(11-13-29)23-6-4-5-7-24(23)32-3/h4-9,14,18-19H,10-13,15-17H2,1-3H3,(H,27,31). The van der Waals surface area contributed by atoms with Crippen molar-refractivity contribution in [1.29, 1.82) is 0 Å². The van der Waals surface area contributed by atoms with Gasteiger partial charge in [0.2, 0.25) is 0 Å². The van der Waals surface area contributed by atoms with E-state index in [1.54, 1.807) is 18.1 Å². The highest BCUT2D eigenvalue weighted by atomic mass is 19.1. The maximum Gasteiger partial charge on any atom is 0.317 e. The monoisotopic (exact) mass is 456 g/mol. The first kappa shape index (κ1) is 23.2. The predicted molar refractivity (Wildman–Crippen MR) is 128 cm³/mol. The van der Waals surface area contributed by atoms with Crippen LogP contribution in [0.1, 0.15) is 19.4 Å². The smallest absolute Gasteiger partial charge is 0.317 e. The molecule has 2 aromatic rings. The molecule has 0 saturated carbocycles. The van der Waals surface area contributed by atoms with Crippen LogP contribution in [0, 0.1) is 5.82 Å². The van der Waals surface area contributed by atoms with Crippen LogP contribution in [0.15, 0.2) is 42.5 Å². The molecule has 0 bridgehead atoms. The van der Waals surface area contributed by atoms with Crippen LogP contribution in [-0.4, -0.2) is 69.5 Å². The molecule has 2 atom stereocenters. The zero-order chi connectivity index (χ0) is 23.4. The maximum absolute atomic E-state index is 14.8. The molecule has 0 spiro atoms. The molecule has 1 N–H and O–H groups in total. The Hall–Kier alpha value is -3.00. The van der Waals surface area contributed by atoms with E-state index in [2.05, 4.69) is 10.2 Å². The lowest BCUT2D eigenvalue weighted by atomic mass is 10.1. The summed E-state index contributed by atoms with van der Waals surface area (Å²) in [5.74, 6) is 0.565. The molecular formula is C25H33FN4O3. The largest absolute Gasteiger partial charge is 0.495 e. The van der Waals surface area contributed by atoms with Crippen molar-refractivity contribution in [3.05, 3.63) is 53.8 Å². The van der Waals surface area contributed by atoms with Gasteiger partial charge in [-0.1, -0.05) is 18.2 Å².